The van der Waals surface area contributed by atoms with Crippen LogP contribution in [-0.4, -0.2) is 40.8 Å². The predicted molar refractivity (Wildman–Crippen MR) is 74.7 cm³/mol. The molecule has 2 heterocycles. The Labute approximate surface area is 125 Å². The van der Waals surface area contributed by atoms with Crippen molar-refractivity contribution < 1.29 is 13.2 Å². The van der Waals surface area contributed by atoms with Crippen LogP contribution in [-0.2, 0) is 0 Å². The monoisotopic (exact) mass is 323 g/mol. The summed E-state index contributed by atoms with van der Waals surface area (Å²) >= 11 is 5.85. The van der Waals surface area contributed by atoms with Crippen LogP contribution < -0.4 is 10.2 Å². The van der Waals surface area contributed by atoms with E-state index >= 15 is 0 Å². The number of rotatable bonds is 5. The number of aromatic nitrogens is 3. The third kappa shape index (κ3) is 5.53. The third-order valence-electron chi connectivity index (χ3n) is 3.16. The summed E-state index contributed by atoms with van der Waals surface area (Å²) in [5.41, 5.74) is 0. The molecule has 1 aliphatic rings. The van der Waals surface area contributed by atoms with Gasteiger partial charge in [-0.3, -0.25) is 0 Å². The molecule has 0 saturated carbocycles. The van der Waals surface area contributed by atoms with Gasteiger partial charge < -0.3 is 10.2 Å². The smallest absolute Gasteiger partial charge is 0.354 e. The summed E-state index contributed by atoms with van der Waals surface area (Å²) in [6.45, 7) is 1.85. The molecule has 0 unspecified atom stereocenters. The van der Waals surface area contributed by atoms with Crippen molar-refractivity contribution in [3.8, 4) is 0 Å². The van der Waals surface area contributed by atoms with E-state index in [1.807, 2.05) is 4.90 Å². The van der Waals surface area contributed by atoms with E-state index in [0.29, 0.717) is 5.95 Å². The van der Waals surface area contributed by atoms with Gasteiger partial charge in [0.05, 0.1) is 0 Å². The molecule has 0 aromatic carbocycles. The average molecular weight is 324 g/mol. The van der Waals surface area contributed by atoms with Gasteiger partial charge in [0.2, 0.25) is 17.2 Å². The van der Waals surface area contributed by atoms with E-state index in [2.05, 4.69) is 20.3 Å². The lowest BCUT2D eigenvalue weighted by molar-refractivity contribution is -0.134. The zero-order valence-corrected chi connectivity index (χ0v) is 12.2. The summed E-state index contributed by atoms with van der Waals surface area (Å²) in [6.07, 6.45) is -1.70. The first kappa shape index (κ1) is 16.1. The molecule has 1 aliphatic heterocycles. The van der Waals surface area contributed by atoms with Gasteiger partial charge in [-0.2, -0.15) is 28.1 Å². The molecule has 0 radical (unpaired) electrons. The molecule has 5 nitrogen and oxygen atoms in total. The van der Waals surface area contributed by atoms with Crippen molar-refractivity contribution in [2.24, 2.45) is 0 Å². The normalized spacial score (nSPS) is 16.1. The van der Waals surface area contributed by atoms with E-state index < -0.39 is 12.6 Å². The second kappa shape index (κ2) is 7.11. The van der Waals surface area contributed by atoms with Gasteiger partial charge in [0.25, 0.3) is 0 Å². The van der Waals surface area contributed by atoms with Crippen molar-refractivity contribution in [2.45, 2.75) is 38.3 Å². The lowest BCUT2D eigenvalue weighted by Gasteiger charge is -2.26. The highest BCUT2D eigenvalue weighted by atomic mass is 35.5. The number of piperidine rings is 1. The summed E-state index contributed by atoms with van der Waals surface area (Å²) in [5, 5.41) is 2.81. The van der Waals surface area contributed by atoms with Crippen molar-refractivity contribution >= 4 is 23.5 Å². The summed E-state index contributed by atoms with van der Waals surface area (Å²) in [4.78, 5) is 14.2. The third-order valence-corrected chi connectivity index (χ3v) is 3.32. The highest BCUT2D eigenvalue weighted by Gasteiger charge is 2.26. The molecular weight excluding hydrogens is 307 g/mol. The second-order valence-electron chi connectivity index (χ2n) is 4.92. The molecule has 118 valence electrons. The first-order valence-corrected chi connectivity index (χ1v) is 7.29. The average Bonchev–Trinajstić information content (AvgIpc) is 2.43. The molecule has 0 spiro atoms. The van der Waals surface area contributed by atoms with E-state index in [4.69, 9.17) is 11.6 Å². The quantitative estimate of drug-likeness (QED) is 0.843. The number of nitrogens with one attached hydrogen (secondary N) is 1. The Morgan fingerprint density at radius 2 is 1.81 bits per heavy atom. The van der Waals surface area contributed by atoms with Crippen LogP contribution in [0.25, 0.3) is 0 Å². The standard InChI is InChI=1S/C12H17ClF3N5/c13-9-18-10(17-6-4-5-12(14,15)16)20-11(19-9)21-7-2-1-3-8-21/h1-8H2,(H,17,18,19,20). The first-order chi connectivity index (χ1) is 9.94. The highest BCUT2D eigenvalue weighted by Crippen LogP contribution is 2.21. The number of nitrogens with zero attached hydrogens (tertiary/aromatic N) is 4. The fourth-order valence-electron chi connectivity index (χ4n) is 2.14. The Balaban J connectivity index is 1.92. The van der Waals surface area contributed by atoms with Gasteiger partial charge in [-0.25, -0.2) is 0 Å². The van der Waals surface area contributed by atoms with Gasteiger partial charge in [0.15, 0.2) is 0 Å². The van der Waals surface area contributed by atoms with Gasteiger partial charge in [-0.15, -0.1) is 0 Å². The molecule has 1 N–H and O–H groups in total. The van der Waals surface area contributed by atoms with Gasteiger partial charge in [0.1, 0.15) is 0 Å². The Kier molecular flexibility index (Phi) is 5.44. The summed E-state index contributed by atoms with van der Waals surface area (Å²) in [6, 6.07) is 0. The molecular formula is C12H17ClF3N5. The van der Waals surface area contributed by atoms with Crippen molar-refractivity contribution in [1.29, 1.82) is 0 Å². The number of hydrogen-bond acceptors (Lipinski definition) is 5. The predicted octanol–water partition coefficient (Wildman–Crippen LogP) is 3.27. The summed E-state index contributed by atoms with van der Waals surface area (Å²) in [5.74, 6) is 0.700. The van der Waals surface area contributed by atoms with Gasteiger partial charge >= 0.3 is 6.18 Å². The van der Waals surface area contributed by atoms with Gasteiger partial charge in [-0.1, -0.05) is 0 Å². The molecule has 0 bridgehead atoms. The molecule has 0 atom stereocenters. The van der Waals surface area contributed by atoms with Crippen LogP contribution in [0, 0.1) is 0 Å². The van der Waals surface area contributed by atoms with E-state index in [1.54, 1.807) is 0 Å². The minimum absolute atomic E-state index is 0.0359. The van der Waals surface area contributed by atoms with Crippen molar-refractivity contribution in [3.63, 3.8) is 0 Å². The minimum Gasteiger partial charge on any atom is -0.354 e. The molecule has 1 saturated heterocycles. The number of halogens is 4. The van der Waals surface area contributed by atoms with E-state index in [0.717, 1.165) is 25.9 Å². The van der Waals surface area contributed by atoms with E-state index in [1.165, 1.54) is 6.42 Å². The molecule has 0 aliphatic carbocycles. The lowest BCUT2D eigenvalue weighted by atomic mass is 10.1. The lowest BCUT2D eigenvalue weighted by Crippen LogP contribution is -2.31. The molecule has 1 aromatic rings. The molecule has 9 heteroatoms. The maximum Gasteiger partial charge on any atom is 0.389 e. The van der Waals surface area contributed by atoms with Gasteiger partial charge in [-0.05, 0) is 37.3 Å². The van der Waals surface area contributed by atoms with Crippen LogP contribution in [0.15, 0.2) is 0 Å². The Morgan fingerprint density at radius 1 is 1.10 bits per heavy atom. The van der Waals surface area contributed by atoms with Crippen LogP contribution in [0.1, 0.15) is 32.1 Å². The van der Waals surface area contributed by atoms with Crippen LogP contribution in [0.3, 0.4) is 0 Å². The van der Waals surface area contributed by atoms with Crippen LogP contribution >= 0.6 is 11.6 Å². The topological polar surface area (TPSA) is 53.9 Å². The summed E-state index contributed by atoms with van der Waals surface area (Å²) < 4.78 is 36.2. The van der Waals surface area contributed by atoms with E-state index in [9.17, 15) is 13.2 Å². The number of hydrogen-bond donors (Lipinski definition) is 1. The largest absolute Gasteiger partial charge is 0.389 e. The zero-order valence-electron chi connectivity index (χ0n) is 11.5. The maximum atomic E-state index is 12.1. The Bertz CT molecular complexity index is 463. The van der Waals surface area contributed by atoms with Gasteiger partial charge in [0, 0.05) is 26.1 Å². The van der Waals surface area contributed by atoms with Crippen molar-refractivity contribution in [3.05, 3.63) is 5.28 Å². The summed E-state index contributed by atoms with van der Waals surface area (Å²) in [7, 11) is 0. The fourth-order valence-corrected chi connectivity index (χ4v) is 2.30. The fraction of sp³-hybridized carbons (Fsp3) is 0.750. The van der Waals surface area contributed by atoms with Crippen molar-refractivity contribution in [2.75, 3.05) is 29.9 Å². The highest BCUT2D eigenvalue weighted by molar-refractivity contribution is 6.28. The van der Waals surface area contributed by atoms with Crippen LogP contribution in [0.5, 0.6) is 0 Å². The molecule has 21 heavy (non-hydrogen) atoms. The van der Waals surface area contributed by atoms with Crippen molar-refractivity contribution in [1.82, 2.24) is 15.0 Å². The Hall–Kier alpha value is -1.31. The molecule has 1 fully saturated rings. The van der Waals surface area contributed by atoms with Crippen LogP contribution in [0.2, 0.25) is 5.28 Å². The minimum atomic E-state index is -4.14. The number of anilines is 2. The molecule has 0 amide bonds. The molecule has 2 rings (SSSR count). The number of alkyl halides is 3. The first-order valence-electron chi connectivity index (χ1n) is 6.91. The Morgan fingerprint density at radius 3 is 2.48 bits per heavy atom. The maximum absolute atomic E-state index is 12.1. The van der Waals surface area contributed by atoms with Crippen LogP contribution in [0.4, 0.5) is 25.1 Å². The SMILES string of the molecule is FC(F)(F)CCCNc1nc(Cl)nc(N2CCCCC2)n1. The molecule has 1 aromatic heterocycles. The van der Waals surface area contributed by atoms with E-state index in [-0.39, 0.29) is 24.2 Å². The zero-order chi connectivity index (χ0) is 15.3. The second-order valence-corrected chi connectivity index (χ2v) is 5.26.